The van der Waals surface area contributed by atoms with Crippen molar-refractivity contribution in [3.8, 4) is 0 Å². The molecular weight excluding hydrogens is 352 g/mol. The monoisotopic (exact) mass is 378 g/mol. The van der Waals surface area contributed by atoms with E-state index in [9.17, 15) is 4.79 Å². The number of anilines is 2. The highest BCUT2D eigenvalue weighted by Gasteiger charge is 2.30. The van der Waals surface area contributed by atoms with Crippen LogP contribution in [-0.4, -0.2) is 16.0 Å². The van der Waals surface area contributed by atoms with Gasteiger partial charge in [-0.2, -0.15) is 0 Å². The zero-order valence-electron chi connectivity index (χ0n) is 16.8. The van der Waals surface area contributed by atoms with Crippen LogP contribution in [0.2, 0.25) is 0 Å². The SMILES string of the molecule is Cc1ccc(N)cc1NC(=O)c1cc(C2CC2)nc2onc(CC(C)(C)C)c12. The second-order valence-electron chi connectivity index (χ2n) is 8.94. The number of aromatic nitrogens is 2. The Balaban J connectivity index is 1.79. The van der Waals surface area contributed by atoms with Crippen LogP contribution in [0.25, 0.3) is 11.1 Å². The minimum Gasteiger partial charge on any atom is -0.399 e. The summed E-state index contributed by atoms with van der Waals surface area (Å²) in [6.45, 7) is 8.34. The number of hydrogen-bond acceptors (Lipinski definition) is 5. The second-order valence-corrected chi connectivity index (χ2v) is 8.94. The molecule has 0 aliphatic heterocycles. The third-order valence-corrected chi connectivity index (χ3v) is 4.98. The maximum Gasteiger partial charge on any atom is 0.259 e. The molecule has 1 fully saturated rings. The lowest BCUT2D eigenvalue weighted by atomic mass is 9.89. The number of carbonyl (C=O) groups excluding carboxylic acids is 1. The van der Waals surface area contributed by atoms with Crippen LogP contribution in [0.4, 0.5) is 11.4 Å². The minimum absolute atomic E-state index is 0.0111. The fraction of sp³-hybridized carbons (Fsp3) is 0.409. The maximum absolute atomic E-state index is 13.3. The van der Waals surface area contributed by atoms with Gasteiger partial charge in [-0.3, -0.25) is 4.79 Å². The number of aryl methyl sites for hydroxylation is 1. The highest BCUT2D eigenvalue weighted by atomic mass is 16.5. The average molecular weight is 378 g/mol. The summed E-state index contributed by atoms with van der Waals surface area (Å²) in [7, 11) is 0. The van der Waals surface area contributed by atoms with Crippen molar-refractivity contribution in [1.82, 2.24) is 10.1 Å². The Morgan fingerprint density at radius 3 is 2.71 bits per heavy atom. The summed E-state index contributed by atoms with van der Waals surface area (Å²) >= 11 is 0. The van der Waals surface area contributed by atoms with E-state index in [0.29, 0.717) is 40.4 Å². The van der Waals surface area contributed by atoms with Crippen molar-refractivity contribution in [2.45, 2.75) is 52.9 Å². The average Bonchev–Trinajstić information content (AvgIpc) is 3.39. The van der Waals surface area contributed by atoms with Crippen LogP contribution in [0.1, 0.15) is 66.8 Å². The van der Waals surface area contributed by atoms with E-state index in [0.717, 1.165) is 29.8 Å². The van der Waals surface area contributed by atoms with Crippen molar-refractivity contribution < 1.29 is 9.32 Å². The molecule has 0 atom stereocenters. The first-order chi connectivity index (χ1) is 13.2. The van der Waals surface area contributed by atoms with Gasteiger partial charge in [0, 0.05) is 23.0 Å². The van der Waals surface area contributed by atoms with Gasteiger partial charge in [-0.15, -0.1) is 0 Å². The number of carbonyl (C=O) groups is 1. The lowest BCUT2D eigenvalue weighted by Gasteiger charge is -2.16. The van der Waals surface area contributed by atoms with Crippen LogP contribution < -0.4 is 11.1 Å². The predicted octanol–water partition coefficient (Wildman–Crippen LogP) is 4.83. The van der Waals surface area contributed by atoms with Gasteiger partial charge in [-0.1, -0.05) is 32.0 Å². The van der Waals surface area contributed by atoms with Crippen molar-refractivity contribution in [3.63, 3.8) is 0 Å². The van der Waals surface area contributed by atoms with Gasteiger partial charge in [0.2, 0.25) is 0 Å². The first-order valence-corrected chi connectivity index (χ1v) is 9.68. The molecule has 3 aromatic rings. The molecule has 6 nitrogen and oxygen atoms in total. The summed E-state index contributed by atoms with van der Waals surface area (Å²) in [6.07, 6.45) is 2.88. The molecule has 4 rings (SSSR count). The van der Waals surface area contributed by atoms with Crippen molar-refractivity contribution in [3.05, 3.63) is 46.8 Å². The fourth-order valence-corrected chi connectivity index (χ4v) is 3.38. The van der Waals surface area contributed by atoms with Gasteiger partial charge in [-0.05, 0) is 55.4 Å². The largest absolute Gasteiger partial charge is 0.399 e. The Morgan fingerprint density at radius 1 is 1.29 bits per heavy atom. The number of pyridine rings is 1. The molecule has 1 amide bonds. The van der Waals surface area contributed by atoms with Crippen LogP contribution >= 0.6 is 0 Å². The lowest BCUT2D eigenvalue weighted by Crippen LogP contribution is -2.16. The standard InChI is InChI=1S/C22H26N4O2/c1-12-5-8-14(23)9-16(12)24-20(27)15-10-17(13-6-7-13)25-21-19(15)18(26-28-21)11-22(2,3)4/h5,8-10,13H,6-7,11,23H2,1-4H3,(H,24,27). The lowest BCUT2D eigenvalue weighted by molar-refractivity contribution is 0.102. The van der Waals surface area contributed by atoms with Crippen LogP contribution in [0.3, 0.4) is 0 Å². The fourth-order valence-electron chi connectivity index (χ4n) is 3.38. The molecule has 0 unspecified atom stereocenters. The van der Waals surface area contributed by atoms with E-state index in [4.69, 9.17) is 10.3 Å². The van der Waals surface area contributed by atoms with Crippen LogP contribution in [-0.2, 0) is 6.42 Å². The summed E-state index contributed by atoms with van der Waals surface area (Å²) in [5.41, 5.74) is 10.9. The highest BCUT2D eigenvalue weighted by molar-refractivity contribution is 6.12. The third kappa shape index (κ3) is 3.72. The summed E-state index contributed by atoms with van der Waals surface area (Å²) in [4.78, 5) is 17.9. The van der Waals surface area contributed by atoms with Gasteiger partial charge >= 0.3 is 0 Å². The van der Waals surface area contributed by atoms with Gasteiger partial charge in [0.1, 0.15) is 0 Å². The van der Waals surface area contributed by atoms with Crippen molar-refractivity contribution in [2.75, 3.05) is 11.1 Å². The number of nitrogens with one attached hydrogen (secondary N) is 1. The Kier molecular flexibility index (Phi) is 4.37. The number of nitrogens with zero attached hydrogens (tertiary/aromatic N) is 2. The number of nitrogen functional groups attached to an aromatic ring is 1. The smallest absolute Gasteiger partial charge is 0.259 e. The number of amides is 1. The van der Waals surface area contributed by atoms with E-state index in [2.05, 4.69) is 36.2 Å². The molecule has 146 valence electrons. The van der Waals surface area contributed by atoms with E-state index >= 15 is 0 Å². The molecule has 0 saturated heterocycles. The Hall–Kier alpha value is -2.89. The van der Waals surface area contributed by atoms with Gasteiger partial charge in [-0.25, -0.2) is 4.98 Å². The highest BCUT2D eigenvalue weighted by Crippen LogP contribution is 2.41. The molecule has 2 heterocycles. The Morgan fingerprint density at radius 2 is 2.04 bits per heavy atom. The van der Waals surface area contributed by atoms with Crippen LogP contribution in [0.5, 0.6) is 0 Å². The number of fused-ring (bicyclic) bond motifs is 1. The summed E-state index contributed by atoms with van der Waals surface area (Å²) in [5.74, 6) is 0.211. The normalized spacial score (nSPS) is 14.4. The molecular formula is C22H26N4O2. The molecule has 1 saturated carbocycles. The molecule has 0 spiro atoms. The molecule has 28 heavy (non-hydrogen) atoms. The second kappa shape index (κ2) is 6.62. The zero-order valence-corrected chi connectivity index (χ0v) is 16.8. The van der Waals surface area contributed by atoms with Gasteiger partial charge < -0.3 is 15.6 Å². The summed E-state index contributed by atoms with van der Waals surface area (Å²) < 4.78 is 5.54. The number of nitrogens with two attached hydrogens (primary N) is 1. The molecule has 1 aliphatic carbocycles. The van der Waals surface area contributed by atoms with Gasteiger partial charge in [0.05, 0.1) is 16.6 Å². The maximum atomic E-state index is 13.3. The molecule has 3 N–H and O–H groups in total. The molecule has 1 aromatic carbocycles. The van der Waals surface area contributed by atoms with Gasteiger partial charge in [0.15, 0.2) is 0 Å². The first kappa shape index (κ1) is 18.5. The quantitative estimate of drug-likeness (QED) is 0.634. The number of hydrogen-bond donors (Lipinski definition) is 2. The Bertz CT molecular complexity index is 1060. The predicted molar refractivity (Wildman–Crippen MR) is 110 cm³/mol. The van der Waals surface area contributed by atoms with E-state index in [1.54, 1.807) is 6.07 Å². The zero-order chi connectivity index (χ0) is 20.1. The third-order valence-electron chi connectivity index (χ3n) is 4.98. The van der Waals surface area contributed by atoms with Crippen molar-refractivity contribution in [2.24, 2.45) is 5.41 Å². The van der Waals surface area contributed by atoms with Crippen LogP contribution in [0, 0.1) is 12.3 Å². The van der Waals surface area contributed by atoms with Crippen molar-refractivity contribution >= 4 is 28.4 Å². The van der Waals surface area contributed by atoms with Crippen LogP contribution in [0.15, 0.2) is 28.8 Å². The molecule has 0 radical (unpaired) electrons. The minimum atomic E-state index is -0.193. The molecule has 2 aromatic heterocycles. The van der Waals surface area contributed by atoms with E-state index in [-0.39, 0.29) is 11.3 Å². The number of rotatable bonds is 4. The first-order valence-electron chi connectivity index (χ1n) is 9.68. The Labute approximate surface area is 164 Å². The molecule has 0 bridgehead atoms. The molecule has 1 aliphatic rings. The van der Waals surface area contributed by atoms with Gasteiger partial charge in [0.25, 0.3) is 11.6 Å². The summed E-state index contributed by atoms with van der Waals surface area (Å²) in [6, 6.07) is 7.40. The summed E-state index contributed by atoms with van der Waals surface area (Å²) in [5, 5.41) is 7.96. The number of benzene rings is 1. The molecule has 6 heteroatoms. The van der Waals surface area contributed by atoms with E-state index in [1.165, 1.54) is 0 Å². The van der Waals surface area contributed by atoms with E-state index < -0.39 is 0 Å². The van der Waals surface area contributed by atoms with Crippen molar-refractivity contribution in [1.29, 1.82) is 0 Å². The topological polar surface area (TPSA) is 94.0 Å². The van der Waals surface area contributed by atoms with E-state index in [1.807, 2.05) is 25.1 Å².